The second-order valence-corrected chi connectivity index (χ2v) is 6.33. The highest BCUT2D eigenvalue weighted by atomic mass is 32.1. The summed E-state index contributed by atoms with van der Waals surface area (Å²) in [4.78, 5) is 8.21. The fourth-order valence-corrected chi connectivity index (χ4v) is 3.28. The Morgan fingerprint density at radius 1 is 1.56 bits per heavy atom. The first-order valence-electron chi connectivity index (χ1n) is 7.09. The van der Waals surface area contributed by atoms with Crippen molar-refractivity contribution in [2.24, 2.45) is 5.92 Å². The number of nitrogens with zero attached hydrogens (tertiary/aromatic N) is 2. The lowest BCUT2D eigenvalue weighted by molar-refractivity contribution is 0.100. The van der Waals surface area contributed by atoms with E-state index in [2.05, 4.69) is 36.0 Å². The Kier molecular flexibility index (Phi) is 5.15. The Bertz CT molecular complexity index is 339. The third-order valence-electron chi connectivity index (χ3n) is 4.21. The van der Waals surface area contributed by atoms with Crippen molar-refractivity contribution in [1.82, 2.24) is 15.2 Å². The zero-order chi connectivity index (χ0) is 13.0. The minimum absolute atomic E-state index is 0.644. The van der Waals surface area contributed by atoms with Crippen LogP contribution in [-0.4, -0.2) is 35.1 Å². The van der Waals surface area contributed by atoms with Crippen LogP contribution in [0.2, 0.25) is 0 Å². The van der Waals surface area contributed by atoms with Crippen molar-refractivity contribution in [3.63, 3.8) is 0 Å². The number of hydrogen-bond donors (Lipinski definition) is 1. The van der Waals surface area contributed by atoms with Crippen molar-refractivity contribution in [1.29, 1.82) is 0 Å². The lowest BCUT2D eigenvalue weighted by atomic mass is 9.95. The summed E-state index contributed by atoms with van der Waals surface area (Å²) in [5, 5.41) is 3.73. The van der Waals surface area contributed by atoms with Crippen molar-refractivity contribution in [3.8, 4) is 0 Å². The van der Waals surface area contributed by atoms with Gasteiger partial charge in [0.2, 0.25) is 0 Å². The molecule has 3 unspecified atom stereocenters. The largest absolute Gasteiger partial charge is 0.311 e. The van der Waals surface area contributed by atoms with Gasteiger partial charge in [0.15, 0.2) is 0 Å². The molecule has 0 aromatic carbocycles. The van der Waals surface area contributed by atoms with Gasteiger partial charge >= 0.3 is 0 Å². The zero-order valence-corrected chi connectivity index (χ0v) is 12.5. The molecule has 1 fully saturated rings. The number of thiazole rings is 1. The van der Waals surface area contributed by atoms with Gasteiger partial charge in [-0.15, -0.1) is 11.3 Å². The lowest BCUT2D eigenvalue weighted by Crippen LogP contribution is -2.57. The fraction of sp³-hybridized carbons (Fsp3) is 0.786. The van der Waals surface area contributed by atoms with Gasteiger partial charge in [-0.2, -0.15) is 0 Å². The monoisotopic (exact) mass is 267 g/mol. The quantitative estimate of drug-likeness (QED) is 0.889. The highest BCUT2D eigenvalue weighted by Crippen LogP contribution is 2.20. The maximum absolute atomic E-state index is 4.19. The Morgan fingerprint density at radius 2 is 2.39 bits per heavy atom. The average Bonchev–Trinajstić information content (AvgIpc) is 2.90. The van der Waals surface area contributed by atoms with Gasteiger partial charge in [-0.25, -0.2) is 0 Å². The second kappa shape index (κ2) is 6.64. The topological polar surface area (TPSA) is 28.2 Å². The van der Waals surface area contributed by atoms with Gasteiger partial charge in [0.1, 0.15) is 0 Å². The van der Waals surface area contributed by atoms with E-state index < -0.39 is 0 Å². The standard InChI is InChI=1S/C14H25N3S/c1-4-11(3)14-9-17(12(5-2)6-16-14)8-13-7-15-10-18-13/h7,10-12,14,16H,4-6,8-9H2,1-3H3. The Morgan fingerprint density at radius 3 is 3.00 bits per heavy atom. The number of nitrogens with one attached hydrogen (secondary N) is 1. The normalized spacial score (nSPS) is 27.3. The van der Waals surface area contributed by atoms with Gasteiger partial charge in [-0.05, 0) is 12.3 Å². The molecule has 4 heteroatoms. The first kappa shape index (κ1) is 14.0. The van der Waals surface area contributed by atoms with E-state index in [0.29, 0.717) is 12.1 Å². The minimum atomic E-state index is 0.644. The predicted octanol–water partition coefficient (Wildman–Crippen LogP) is 2.74. The highest BCUT2D eigenvalue weighted by molar-refractivity contribution is 7.09. The Labute approximate surface area is 115 Å². The molecule has 1 saturated heterocycles. The van der Waals surface area contributed by atoms with Crippen LogP contribution in [0.15, 0.2) is 11.7 Å². The van der Waals surface area contributed by atoms with Gasteiger partial charge in [0.25, 0.3) is 0 Å². The molecule has 0 bridgehead atoms. The zero-order valence-electron chi connectivity index (χ0n) is 11.7. The molecule has 3 atom stereocenters. The van der Waals surface area contributed by atoms with Gasteiger partial charge in [0.05, 0.1) is 5.51 Å². The number of aromatic nitrogens is 1. The molecule has 18 heavy (non-hydrogen) atoms. The first-order chi connectivity index (χ1) is 8.74. The number of hydrogen-bond acceptors (Lipinski definition) is 4. The molecular weight excluding hydrogens is 242 g/mol. The molecule has 1 N–H and O–H groups in total. The molecule has 1 aromatic heterocycles. The van der Waals surface area contributed by atoms with Crippen LogP contribution in [0.3, 0.4) is 0 Å². The Hall–Kier alpha value is -0.450. The van der Waals surface area contributed by atoms with E-state index in [1.807, 2.05) is 11.7 Å². The molecule has 0 amide bonds. The molecule has 3 nitrogen and oxygen atoms in total. The molecular formula is C14H25N3S. The first-order valence-corrected chi connectivity index (χ1v) is 7.97. The van der Waals surface area contributed by atoms with Gasteiger partial charge in [-0.3, -0.25) is 9.88 Å². The van der Waals surface area contributed by atoms with Crippen molar-refractivity contribution >= 4 is 11.3 Å². The van der Waals surface area contributed by atoms with Crippen LogP contribution in [0.25, 0.3) is 0 Å². The van der Waals surface area contributed by atoms with E-state index >= 15 is 0 Å². The van der Waals surface area contributed by atoms with E-state index in [1.165, 1.54) is 24.3 Å². The molecule has 0 radical (unpaired) electrons. The smallest absolute Gasteiger partial charge is 0.0794 e. The molecule has 2 rings (SSSR count). The van der Waals surface area contributed by atoms with Crippen LogP contribution in [0.1, 0.15) is 38.5 Å². The minimum Gasteiger partial charge on any atom is -0.311 e. The Balaban J connectivity index is 1.99. The fourth-order valence-electron chi connectivity index (χ4n) is 2.66. The van der Waals surface area contributed by atoms with Gasteiger partial charge in [-0.1, -0.05) is 27.2 Å². The van der Waals surface area contributed by atoms with Crippen molar-refractivity contribution in [3.05, 3.63) is 16.6 Å². The van der Waals surface area contributed by atoms with Gasteiger partial charge < -0.3 is 5.32 Å². The summed E-state index contributed by atoms with van der Waals surface area (Å²) in [6.45, 7) is 10.3. The predicted molar refractivity (Wildman–Crippen MR) is 77.8 cm³/mol. The molecule has 1 aliphatic heterocycles. The summed E-state index contributed by atoms with van der Waals surface area (Å²) in [5.74, 6) is 0.756. The third-order valence-corrected chi connectivity index (χ3v) is 4.97. The molecule has 1 aliphatic rings. The molecule has 2 heterocycles. The molecule has 0 aliphatic carbocycles. The lowest BCUT2D eigenvalue weighted by Gasteiger charge is -2.42. The van der Waals surface area contributed by atoms with E-state index in [1.54, 1.807) is 11.3 Å². The van der Waals surface area contributed by atoms with E-state index in [4.69, 9.17) is 0 Å². The summed E-state index contributed by atoms with van der Waals surface area (Å²) in [5.41, 5.74) is 1.94. The van der Waals surface area contributed by atoms with Crippen molar-refractivity contribution in [2.75, 3.05) is 13.1 Å². The third kappa shape index (κ3) is 3.31. The SMILES string of the molecule is CCC(C)C1CN(Cc2cncs2)C(CC)CN1. The summed E-state index contributed by atoms with van der Waals surface area (Å²) >= 11 is 1.77. The van der Waals surface area contributed by atoms with Crippen LogP contribution < -0.4 is 5.32 Å². The molecule has 0 spiro atoms. The molecule has 102 valence electrons. The average molecular weight is 267 g/mol. The molecule has 0 saturated carbocycles. The van der Waals surface area contributed by atoms with Crippen molar-refractivity contribution in [2.45, 2.75) is 52.2 Å². The van der Waals surface area contributed by atoms with Gasteiger partial charge in [0, 0.05) is 42.8 Å². The number of piperazine rings is 1. The van der Waals surface area contributed by atoms with Crippen LogP contribution in [0.5, 0.6) is 0 Å². The van der Waals surface area contributed by atoms with E-state index in [9.17, 15) is 0 Å². The summed E-state index contributed by atoms with van der Waals surface area (Å²) < 4.78 is 0. The van der Waals surface area contributed by atoms with E-state index in [0.717, 1.165) is 19.0 Å². The summed E-state index contributed by atoms with van der Waals surface area (Å²) in [7, 11) is 0. The maximum Gasteiger partial charge on any atom is 0.0794 e. The van der Waals surface area contributed by atoms with Crippen LogP contribution >= 0.6 is 11.3 Å². The molecule has 1 aromatic rings. The summed E-state index contributed by atoms with van der Waals surface area (Å²) in [6.07, 6.45) is 4.49. The number of rotatable bonds is 5. The maximum atomic E-state index is 4.19. The second-order valence-electron chi connectivity index (χ2n) is 5.36. The van der Waals surface area contributed by atoms with Crippen molar-refractivity contribution < 1.29 is 0 Å². The van der Waals surface area contributed by atoms with E-state index in [-0.39, 0.29) is 0 Å². The van der Waals surface area contributed by atoms with Crippen LogP contribution in [-0.2, 0) is 6.54 Å². The highest BCUT2D eigenvalue weighted by Gasteiger charge is 2.29. The van der Waals surface area contributed by atoms with Crippen LogP contribution in [0, 0.1) is 5.92 Å². The summed E-state index contributed by atoms with van der Waals surface area (Å²) in [6, 6.07) is 1.32. The van der Waals surface area contributed by atoms with Crippen LogP contribution in [0.4, 0.5) is 0 Å².